The number of fused-ring (bicyclic) bond motifs is 10. The molecule has 1 heterocycles. The number of aromatic nitrogens is 2. The molecule has 1 spiro atoms. The van der Waals surface area contributed by atoms with E-state index in [2.05, 4.69) is 225 Å². The topological polar surface area (TPSA) is 28.7 Å². The first-order valence-corrected chi connectivity index (χ1v) is 21.3. The van der Waals surface area contributed by atoms with Crippen LogP contribution in [-0.2, 0) is 10.8 Å². The lowest BCUT2D eigenvalue weighted by Crippen LogP contribution is -2.40. The van der Waals surface area contributed by atoms with E-state index in [1.807, 2.05) is 6.07 Å². The summed E-state index contributed by atoms with van der Waals surface area (Å²) >= 11 is 0. The van der Waals surface area contributed by atoms with Crippen molar-refractivity contribution in [2.24, 2.45) is 0 Å². The zero-order chi connectivity index (χ0) is 40.7. The summed E-state index contributed by atoms with van der Waals surface area (Å²) in [5.41, 5.74) is 20.3. The van der Waals surface area contributed by atoms with E-state index in [0.717, 1.165) is 33.9 Å². The van der Waals surface area contributed by atoms with Crippen molar-refractivity contribution in [2.75, 3.05) is 0 Å². The quantitative estimate of drug-likeness (QED) is 0.185. The van der Waals surface area contributed by atoms with Gasteiger partial charge >= 0.3 is 0 Å². The van der Waals surface area contributed by atoms with E-state index in [4.69, 9.17) is 4.98 Å². The highest BCUT2D eigenvalue weighted by molar-refractivity contribution is 5.97. The molecule has 9 aromatic carbocycles. The highest BCUT2D eigenvalue weighted by Crippen LogP contribution is 2.62. The monoisotopic (exact) mass is 778 g/mol. The van der Waals surface area contributed by atoms with Crippen LogP contribution in [0, 0.1) is 0 Å². The largest absolute Gasteiger partial charge is 0.337 e. The summed E-state index contributed by atoms with van der Waals surface area (Å²) in [6.07, 6.45) is 0. The number of hydrogen-bond donors (Lipinski definition) is 1. The number of benzene rings is 9. The van der Waals surface area contributed by atoms with Gasteiger partial charge in [-0.1, -0.05) is 220 Å². The molecule has 2 aliphatic rings. The second-order valence-electron chi connectivity index (χ2n) is 17.1. The van der Waals surface area contributed by atoms with Gasteiger partial charge in [-0.25, -0.2) is 4.98 Å². The maximum Gasteiger partial charge on any atom is 0.138 e. The average Bonchev–Trinajstić information content (AvgIpc) is 3.90. The summed E-state index contributed by atoms with van der Waals surface area (Å²) in [6, 6.07) is 77.9. The molecule has 0 aliphatic heterocycles. The van der Waals surface area contributed by atoms with Crippen molar-refractivity contribution >= 4 is 10.8 Å². The molecule has 0 bridgehead atoms. The summed E-state index contributed by atoms with van der Waals surface area (Å²) in [7, 11) is 0. The fourth-order valence-electron chi connectivity index (χ4n) is 10.7. The normalized spacial score (nSPS) is 14.0. The van der Waals surface area contributed by atoms with E-state index in [1.165, 1.54) is 77.5 Å². The molecule has 0 saturated heterocycles. The maximum atomic E-state index is 5.26. The third-order valence-electron chi connectivity index (χ3n) is 13.6. The molecule has 2 heteroatoms. The number of H-pyrrole nitrogens is 1. The van der Waals surface area contributed by atoms with Gasteiger partial charge in [0, 0.05) is 22.1 Å². The van der Waals surface area contributed by atoms with Gasteiger partial charge in [-0.15, -0.1) is 0 Å². The van der Waals surface area contributed by atoms with E-state index >= 15 is 0 Å². The third kappa shape index (κ3) is 5.25. The van der Waals surface area contributed by atoms with Crippen molar-refractivity contribution in [1.82, 2.24) is 9.97 Å². The van der Waals surface area contributed by atoms with Crippen LogP contribution in [0.15, 0.2) is 212 Å². The van der Waals surface area contributed by atoms with Crippen LogP contribution < -0.4 is 0 Å². The zero-order valence-corrected chi connectivity index (χ0v) is 34.2. The van der Waals surface area contributed by atoms with Gasteiger partial charge in [0.25, 0.3) is 0 Å². The molecule has 61 heavy (non-hydrogen) atoms. The Hall–Kier alpha value is -7.55. The van der Waals surface area contributed by atoms with Crippen molar-refractivity contribution in [1.29, 1.82) is 0 Å². The van der Waals surface area contributed by atoms with Crippen molar-refractivity contribution in [2.45, 2.75) is 24.7 Å². The molecule has 2 aliphatic carbocycles. The number of nitrogens with one attached hydrogen (secondary N) is 1. The van der Waals surface area contributed by atoms with Crippen molar-refractivity contribution in [3.63, 3.8) is 0 Å². The Kier molecular flexibility index (Phi) is 7.83. The van der Waals surface area contributed by atoms with Gasteiger partial charge < -0.3 is 4.98 Å². The number of imidazole rings is 1. The number of aromatic amines is 1. The molecule has 288 valence electrons. The van der Waals surface area contributed by atoms with Crippen molar-refractivity contribution in [3.8, 4) is 67.3 Å². The first-order valence-electron chi connectivity index (χ1n) is 21.3. The summed E-state index contributed by atoms with van der Waals surface area (Å²) in [5, 5.41) is 2.50. The molecule has 0 amide bonds. The van der Waals surface area contributed by atoms with Gasteiger partial charge in [0.1, 0.15) is 5.82 Å². The van der Waals surface area contributed by atoms with Gasteiger partial charge in [-0.05, 0) is 83.6 Å². The summed E-state index contributed by atoms with van der Waals surface area (Å²) in [5.74, 6) is 0.855. The second-order valence-corrected chi connectivity index (χ2v) is 17.1. The van der Waals surface area contributed by atoms with E-state index in [-0.39, 0.29) is 5.41 Å². The molecule has 1 aromatic heterocycles. The molecular formula is C59H42N2. The standard InChI is InChI=1S/C59H42N2/c1-58(2)51-23-10-12-25-53(51)59(54-26-13-11-24-52(54)58)49-22-9-8-20-47(49)48-37-44(35-36-50(48)59)38-27-31-41(32-28-38)55-56(61-57(60-55)43-16-4-3-5-17-43)42-33-29-40(30-34-42)46-21-14-18-39-15-6-7-19-45(39)46/h3-37H,1-2H3,(H,60,61). The number of nitrogens with zero attached hydrogens (tertiary/aromatic N) is 1. The lowest BCUT2D eigenvalue weighted by atomic mass is 9.55. The summed E-state index contributed by atoms with van der Waals surface area (Å²) in [6.45, 7) is 4.76. The SMILES string of the molecule is CC1(C)c2ccccc2C2(c3ccccc3-c3cc(-c4ccc(-c5nc(-c6ccccc6)[nH]c5-c5ccc(-c6cccc7ccccc67)cc5)cc4)ccc32)c2ccccc21. The van der Waals surface area contributed by atoms with Gasteiger partial charge in [0.05, 0.1) is 16.8 Å². The average molecular weight is 779 g/mol. The Balaban J connectivity index is 0.951. The molecule has 2 nitrogen and oxygen atoms in total. The first-order chi connectivity index (χ1) is 30.0. The van der Waals surface area contributed by atoms with Crippen LogP contribution in [0.4, 0.5) is 0 Å². The van der Waals surface area contributed by atoms with Crippen LogP contribution in [0.5, 0.6) is 0 Å². The molecular weight excluding hydrogens is 737 g/mol. The highest BCUT2D eigenvalue weighted by Gasteiger charge is 2.53. The predicted molar refractivity (Wildman–Crippen MR) is 253 cm³/mol. The fourth-order valence-corrected chi connectivity index (χ4v) is 10.7. The van der Waals surface area contributed by atoms with Crippen molar-refractivity contribution < 1.29 is 0 Å². The molecule has 0 saturated carbocycles. The van der Waals surface area contributed by atoms with Gasteiger partial charge in [-0.2, -0.15) is 0 Å². The highest BCUT2D eigenvalue weighted by atomic mass is 14.9. The van der Waals surface area contributed by atoms with Gasteiger partial charge in [0.2, 0.25) is 0 Å². The van der Waals surface area contributed by atoms with Crippen LogP contribution >= 0.6 is 0 Å². The molecule has 10 aromatic rings. The molecule has 0 fully saturated rings. The predicted octanol–water partition coefficient (Wildman–Crippen LogP) is 14.9. The van der Waals surface area contributed by atoms with E-state index < -0.39 is 5.41 Å². The summed E-state index contributed by atoms with van der Waals surface area (Å²) in [4.78, 5) is 8.99. The fraction of sp³-hybridized carbons (Fsp3) is 0.0678. The van der Waals surface area contributed by atoms with Crippen LogP contribution in [0.25, 0.3) is 78.1 Å². The Morgan fingerprint density at radius 2 is 0.885 bits per heavy atom. The minimum absolute atomic E-state index is 0.116. The first kappa shape index (κ1) is 35.4. The number of hydrogen-bond acceptors (Lipinski definition) is 1. The minimum Gasteiger partial charge on any atom is -0.337 e. The Bertz CT molecular complexity index is 3260. The molecule has 0 radical (unpaired) electrons. The third-order valence-corrected chi connectivity index (χ3v) is 13.6. The summed E-state index contributed by atoms with van der Waals surface area (Å²) < 4.78 is 0. The Morgan fingerprint density at radius 1 is 0.361 bits per heavy atom. The van der Waals surface area contributed by atoms with Crippen LogP contribution in [0.3, 0.4) is 0 Å². The van der Waals surface area contributed by atoms with Crippen LogP contribution in [0.1, 0.15) is 47.2 Å². The van der Waals surface area contributed by atoms with E-state index in [9.17, 15) is 0 Å². The molecule has 0 unspecified atom stereocenters. The molecule has 1 N–H and O–H groups in total. The van der Waals surface area contributed by atoms with Crippen molar-refractivity contribution in [3.05, 3.63) is 246 Å². The Morgan fingerprint density at radius 3 is 1.62 bits per heavy atom. The smallest absolute Gasteiger partial charge is 0.138 e. The van der Waals surface area contributed by atoms with Crippen LogP contribution in [0.2, 0.25) is 0 Å². The molecule has 12 rings (SSSR count). The maximum absolute atomic E-state index is 5.26. The van der Waals surface area contributed by atoms with Gasteiger partial charge in [0.15, 0.2) is 0 Å². The molecule has 0 atom stereocenters. The van der Waals surface area contributed by atoms with E-state index in [0.29, 0.717) is 0 Å². The minimum atomic E-state index is -0.392. The lowest BCUT2D eigenvalue weighted by Gasteiger charge is -2.46. The number of rotatable bonds is 5. The van der Waals surface area contributed by atoms with E-state index in [1.54, 1.807) is 0 Å². The lowest BCUT2D eigenvalue weighted by molar-refractivity contribution is 0.563. The second kappa shape index (κ2) is 13.5. The van der Waals surface area contributed by atoms with Gasteiger partial charge in [-0.3, -0.25) is 0 Å². The zero-order valence-electron chi connectivity index (χ0n) is 34.2. The van der Waals surface area contributed by atoms with Crippen LogP contribution in [-0.4, -0.2) is 9.97 Å². The Labute approximate surface area is 356 Å².